The number of benzene rings is 1. The second-order valence-electron chi connectivity index (χ2n) is 4.95. The van der Waals surface area contributed by atoms with Gasteiger partial charge in [0.15, 0.2) is 12.2 Å². The normalized spacial score (nSPS) is 11.0. The van der Waals surface area contributed by atoms with Gasteiger partial charge >= 0.3 is 0 Å². The van der Waals surface area contributed by atoms with Crippen LogP contribution in [0, 0.1) is 0 Å². The summed E-state index contributed by atoms with van der Waals surface area (Å²) in [5.74, 6) is 0.704. The number of hydrogen-bond acceptors (Lipinski definition) is 5. The van der Waals surface area contributed by atoms with E-state index < -0.39 is 5.91 Å². The lowest BCUT2D eigenvalue weighted by Gasteiger charge is -1.98. The average Bonchev–Trinajstić information content (AvgIpc) is 3.24. The molecule has 0 bridgehead atoms. The summed E-state index contributed by atoms with van der Waals surface area (Å²) < 4.78 is 5.21. The number of amides is 1. The minimum absolute atomic E-state index is 0.385. The zero-order chi connectivity index (χ0) is 15.8. The van der Waals surface area contributed by atoms with E-state index in [9.17, 15) is 4.79 Å². The van der Waals surface area contributed by atoms with Crippen LogP contribution in [0.3, 0.4) is 0 Å². The van der Waals surface area contributed by atoms with Crippen molar-refractivity contribution in [3.05, 3.63) is 54.7 Å². The number of nitrogens with zero attached hydrogens (tertiary/aromatic N) is 3. The molecule has 1 aromatic carbocycles. The molecule has 0 spiro atoms. The summed E-state index contributed by atoms with van der Waals surface area (Å²) >= 11 is 0. The Hall–Kier alpha value is -3.48. The summed E-state index contributed by atoms with van der Waals surface area (Å²) in [7, 11) is 0. The highest BCUT2D eigenvalue weighted by Crippen LogP contribution is 2.24. The third kappa shape index (κ3) is 2.24. The number of nitrogens with two attached hydrogens (primary N) is 1. The molecule has 0 aliphatic carbocycles. The van der Waals surface area contributed by atoms with Gasteiger partial charge in [0.25, 0.3) is 5.91 Å². The largest absolute Gasteiger partial charge is 0.442 e. The van der Waals surface area contributed by atoms with Gasteiger partial charge in [-0.05, 0) is 24.3 Å². The van der Waals surface area contributed by atoms with Crippen LogP contribution >= 0.6 is 0 Å². The van der Waals surface area contributed by atoms with Crippen molar-refractivity contribution in [2.45, 2.75) is 0 Å². The van der Waals surface area contributed by atoms with E-state index in [1.165, 1.54) is 6.39 Å². The van der Waals surface area contributed by atoms with Crippen LogP contribution in [0.1, 0.15) is 10.4 Å². The molecule has 4 rings (SSSR count). The minimum atomic E-state index is -0.507. The van der Waals surface area contributed by atoms with Gasteiger partial charge in [0.1, 0.15) is 17.0 Å². The monoisotopic (exact) mass is 305 g/mol. The Morgan fingerprint density at radius 2 is 2.09 bits per heavy atom. The lowest BCUT2D eigenvalue weighted by atomic mass is 10.2. The minimum Gasteiger partial charge on any atom is -0.442 e. The molecule has 0 aliphatic heterocycles. The Morgan fingerprint density at radius 1 is 1.17 bits per heavy atom. The first-order valence-electron chi connectivity index (χ1n) is 6.86. The summed E-state index contributed by atoms with van der Waals surface area (Å²) in [6, 6.07) is 8.94. The molecule has 0 atom stereocenters. The topological polar surface area (TPSA) is 111 Å². The van der Waals surface area contributed by atoms with Crippen molar-refractivity contribution in [3.63, 3.8) is 0 Å². The van der Waals surface area contributed by atoms with Gasteiger partial charge in [0.05, 0.1) is 17.3 Å². The number of aromatic amines is 1. The van der Waals surface area contributed by atoms with E-state index in [4.69, 9.17) is 10.2 Å². The average molecular weight is 305 g/mol. The van der Waals surface area contributed by atoms with Gasteiger partial charge in [-0.25, -0.2) is 9.97 Å². The second-order valence-corrected chi connectivity index (χ2v) is 4.95. The molecule has 3 aromatic heterocycles. The maximum absolute atomic E-state index is 11.5. The molecule has 7 heteroatoms. The SMILES string of the molecule is NC(=O)c1cccc2[nH]c(-c3ccc(-c4cnco4)nc3)nc12. The van der Waals surface area contributed by atoms with Crippen LogP contribution in [0.4, 0.5) is 0 Å². The summed E-state index contributed by atoms with van der Waals surface area (Å²) in [5.41, 5.74) is 8.53. The van der Waals surface area contributed by atoms with E-state index in [0.29, 0.717) is 28.4 Å². The fourth-order valence-corrected chi connectivity index (χ4v) is 2.39. The van der Waals surface area contributed by atoms with Gasteiger partial charge in [-0.1, -0.05) is 6.07 Å². The number of primary amides is 1. The Balaban J connectivity index is 1.77. The van der Waals surface area contributed by atoms with Crippen LogP contribution in [0.25, 0.3) is 33.9 Å². The zero-order valence-electron chi connectivity index (χ0n) is 11.9. The smallest absolute Gasteiger partial charge is 0.250 e. The molecule has 4 aromatic rings. The van der Waals surface area contributed by atoms with E-state index in [1.54, 1.807) is 24.5 Å². The van der Waals surface area contributed by atoms with E-state index >= 15 is 0 Å². The van der Waals surface area contributed by atoms with Crippen molar-refractivity contribution in [1.82, 2.24) is 19.9 Å². The third-order valence-electron chi connectivity index (χ3n) is 3.50. The summed E-state index contributed by atoms with van der Waals surface area (Å²) in [6.45, 7) is 0. The lowest BCUT2D eigenvalue weighted by Crippen LogP contribution is -2.11. The van der Waals surface area contributed by atoms with Crippen molar-refractivity contribution in [1.29, 1.82) is 0 Å². The number of hydrogen-bond donors (Lipinski definition) is 2. The quantitative estimate of drug-likeness (QED) is 0.603. The Labute approximate surface area is 130 Å². The first-order chi connectivity index (χ1) is 11.2. The molecule has 1 amide bonds. The fraction of sp³-hybridized carbons (Fsp3) is 0. The first-order valence-corrected chi connectivity index (χ1v) is 6.86. The highest BCUT2D eigenvalue weighted by Gasteiger charge is 2.12. The van der Waals surface area contributed by atoms with Gasteiger partial charge in [-0.15, -0.1) is 0 Å². The molecule has 0 unspecified atom stereocenters. The Morgan fingerprint density at radius 3 is 2.78 bits per heavy atom. The van der Waals surface area contributed by atoms with Crippen LogP contribution in [0.5, 0.6) is 0 Å². The van der Waals surface area contributed by atoms with Crippen LogP contribution in [-0.2, 0) is 0 Å². The highest BCUT2D eigenvalue weighted by molar-refractivity contribution is 6.04. The van der Waals surface area contributed by atoms with Crippen molar-refractivity contribution in [3.8, 4) is 22.8 Å². The van der Waals surface area contributed by atoms with Crippen LogP contribution < -0.4 is 5.73 Å². The zero-order valence-corrected chi connectivity index (χ0v) is 11.9. The molecular weight excluding hydrogens is 294 g/mol. The second kappa shape index (κ2) is 5.06. The predicted octanol–water partition coefficient (Wildman–Crippen LogP) is 2.38. The van der Waals surface area contributed by atoms with Gasteiger partial charge < -0.3 is 15.1 Å². The van der Waals surface area contributed by atoms with E-state index in [1.807, 2.05) is 18.2 Å². The highest BCUT2D eigenvalue weighted by atomic mass is 16.3. The number of oxazole rings is 1. The number of nitrogens with one attached hydrogen (secondary N) is 1. The number of aromatic nitrogens is 4. The Bertz CT molecular complexity index is 987. The number of imidazole rings is 1. The van der Waals surface area contributed by atoms with Crippen LogP contribution in [0.2, 0.25) is 0 Å². The van der Waals surface area contributed by atoms with E-state index in [0.717, 1.165) is 11.1 Å². The maximum atomic E-state index is 11.5. The predicted molar refractivity (Wildman–Crippen MR) is 83.3 cm³/mol. The number of fused-ring (bicyclic) bond motifs is 1. The number of H-pyrrole nitrogens is 1. The van der Waals surface area contributed by atoms with Crippen LogP contribution in [-0.4, -0.2) is 25.8 Å². The molecule has 7 nitrogen and oxygen atoms in total. The van der Waals surface area contributed by atoms with Crippen molar-refractivity contribution < 1.29 is 9.21 Å². The van der Waals surface area contributed by atoms with Crippen molar-refractivity contribution in [2.24, 2.45) is 5.73 Å². The Kier molecular flexibility index (Phi) is 2.90. The van der Waals surface area contributed by atoms with Gasteiger partial charge in [0, 0.05) is 11.8 Å². The van der Waals surface area contributed by atoms with Gasteiger partial charge in [0.2, 0.25) is 0 Å². The lowest BCUT2D eigenvalue weighted by molar-refractivity contribution is 0.100. The first kappa shape index (κ1) is 13.2. The summed E-state index contributed by atoms with van der Waals surface area (Å²) in [5, 5.41) is 0. The van der Waals surface area contributed by atoms with Crippen LogP contribution in [0.15, 0.2) is 53.5 Å². The van der Waals surface area contributed by atoms with E-state index in [-0.39, 0.29) is 0 Å². The molecule has 0 saturated carbocycles. The molecule has 0 saturated heterocycles. The standard InChI is InChI=1S/C16H11N5O2/c17-15(22)10-2-1-3-12-14(10)21-16(20-12)9-4-5-11(19-6-9)13-7-18-8-23-13/h1-8H,(H2,17,22)(H,20,21). The molecule has 112 valence electrons. The summed E-state index contributed by atoms with van der Waals surface area (Å²) in [6.07, 6.45) is 4.64. The molecule has 0 radical (unpaired) electrons. The van der Waals surface area contributed by atoms with Crippen molar-refractivity contribution >= 4 is 16.9 Å². The maximum Gasteiger partial charge on any atom is 0.250 e. The number of carbonyl (C=O) groups excluding carboxylic acids is 1. The molecular formula is C16H11N5O2. The number of para-hydroxylation sites is 1. The number of carbonyl (C=O) groups is 1. The molecule has 3 heterocycles. The van der Waals surface area contributed by atoms with Gasteiger partial charge in [-0.2, -0.15) is 0 Å². The molecule has 23 heavy (non-hydrogen) atoms. The fourth-order valence-electron chi connectivity index (χ4n) is 2.39. The number of pyridine rings is 1. The van der Waals surface area contributed by atoms with Crippen molar-refractivity contribution in [2.75, 3.05) is 0 Å². The number of rotatable bonds is 3. The van der Waals surface area contributed by atoms with E-state index in [2.05, 4.69) is 19.9 Å². The van der Waals surface area contributed by atoms with Gasteiger partial charge in [-0.3, -0.25) is 9.78 Å². The third-order valence-corrected chi connectivity index (χ3v) is 3.50. The summed E-state index contributed by atoms with van der Waals surface area (Å²) in [4.78, 5) is 27.3. The molecule has 0 fully saturated rings. The molecule has 0 aliphatic rings. The molecule has 3 N–H and O–H groups in total.